The van der Waals surface area contributed by atoms with Gasteiger partial charge in [-0.15, -0.1) is 0 Å². The summed E-state index contributed by atoms with van der Waals surface area (Å²) in [7, 11) is 0. The van der Waals surface area contributed by atoms with Gasteiger partial charge in [0.05, 0.1) is 25.4 Å². The number of hydrogen-bond acceptors (Lipinski definition) is 5. The van der Waals surface area contributed by atoms with Crippen LogP contribution < -0.4 is 10.1 Å². The number of para-hydroxylation sites is 2. The van der Waals surface area contributed by atoms with Crippen molar-refractivity contribution in [3.05, 3.63) is 59.9 Å². The number of furan rings is 1. The molecular formula is C22H22N2O5. The van der Waals surface area contributed by atoms with Crippen molar-refractivity contribution in [2.75, 3.05) is 38.2 Å². The molecule has 0 unspecified atom stereocenters. The average molecular weight is 394 g/mol. The zero-order valence-electron chi connectivity index (χ0n) is 16.1. The van der Waals surface area contributed by atoms with Crippen LogP contribution in [0.25, 0.3) is 11.0 Å². The number of benzene rings is 2. The summed E-state index contributed by atoms with van der Waals surface area (Å²) in [5.74, 6) is -0.0220. The van der Waals surface area contributed by atoms with Crippen molar-refractivity contribution < 1.29 is 23.5 Å². The minimum atomic E-state index is -0.364. The Morgan fingerprint density at radius 3 is 2.59 bits per heavy atom. The lowest BCUT2D eigenvalue weighted by molar-refractivity contribution is 0.0285. The summed E-state index contributed by atoms with van der Waals surface area (Å²) in [5.41, 5.74) is 1.30. The molecule has 2 amide bonds. The lowest BCUT2D eigenvalue weighted by Gasteiger charge is -2.26. The average Bonchev–Trinajstić information content (AvgIpc) is 3.13. The topological polar surface area (TPSA) is 81.0 Å². The molecule has 1 aromatic heterocycles. The van der Waals surface area contributed by atoms with Crippen LogP contribution in [0.15, 0.2) is 52.9 Å². The first-order valence-electron chi connectivity index (χ1n) is 9.60. The van der Waals surface area contributed by atoms with Gasteiger partial charge in [0.2, 0.25) is 5.76 Å². The fourth-order valence-corrected chi connectivity index (χ4v) is 3.35. The van der Waals surface area contributed by atoms with Gasteiger partial charge in [-0.05, 0) is 31.2 Å². The number of nitrogens with one attached hydrogen (secondary N) is 1. The number of nitrogens with zero attached hydrogens (tertiary/aromatic N) is 1. The minimum absolute atomic E-state index is 0.121. The minimum Gasteiger partial charge on any atom is -0.493 e. The monoisotopic (exact) mass is 394 g/mol. The lowest BCUT2D eigenvalue weighted by Crippen LogP contribution is -2.40. The Morgan fingerprint density at radius 1 is 1.07 bits per heavy atom. The molecule has 150 valence electrons. The molecule has 2 heterocycles. The van der Waals surface area contributed by atoms with E-state index >= 15 is 0 Å². The summed E-state index contributed by atoms with van der Waals surface area (Å²) >= 11 is 0. The van der Waals surface area contributed by atoms with E-state index in [2.05, 4.69) is 5.32 Å². The molecule has 29 heavy (non-hydrogen) atoms. The molecule has 4 rings (SSSR count). The van der Waals surface area contributed by atoms with E-state index in [9.17, 15) is 9.59 Å². The standard InChI is InChI=1S/C22H22N2O5/c1-2-28-17-9-5-4-8-16(17)21(25)23-19-15-7-3-6-10-18(15)29-20(19)22(26)24-11-13-27-14-12-24/h3-10H,2,11-14H2,1H3,(H,23,25). The summed E-state index contributed by atoms with van der Waals surface area (Å²) in [6, 6.07) is 14.3. The predicted octanol–water partition coefficient (Wildman–Crippen LogP) is 3.56. The molecule has 0 radical (unpaired) electrons. The third-order valence-electron chi connectivity index (χ3n) is 4.76. The van der Waals surface area contributed by atoms with Crippen molar-refractivity contribution in [3.63, 3.8) is 0 Å². The highest BCUT2D eigenvalue weighted by Gasteiger charge is 2.28. The number of ether oxygens (including phenoxy) is 2. The zero-order chi connectivity index (χ0) is 20.2. The molecule has 1 aliphatic rings. The number of carbonyl (C=O) groups excluding carboxylic acids is 2. The number of hydrogen-bond donors (Lipinski definition) is 1. The van der Waals surface area contributed by atoms with Gasteiger partial charge in [-0.2, -0.15) is 0 Å². The third-order valence-corrected chi connectivity index (χ3v) is 4.76. The van der Waals surface area contributed by atoms with Crippen molar-refractivity contribution in [2.24, 2.45) is 0 Å². The van der Waals surface area contributed by atoms with Crippen LogP contribution in [-0.2, 0) is 4.74 Å². The molecule has 1 aliphatic heterocycles. The summed E-state index contributed by atoms with van der Waals surface area (Å²) in [6.45, 7) is 4.23. The van der Waals surface area contributed by atoms with Crippen LogP contribution in [-0.4, -0.2) is 49.6 Å². The van der Waals surface area contributed by atoms with Crippen LogP contribution in [0.4, 0.5) is 5.69 Å². The summed E-state index contributed by atoms with van der Waals surface area (Å²) in [5, 5.41) is 3.55. The molecule has 1 saturated heterocycles. The van der Waals surface area contributed by atoms with Gasteiger partial charge in [0.1, 0.15) is 17.0 Å². The number of amides is 2. The number of rotatable bonds is 5. The maximum Gasteiger partial charge on any atom is 0.291 e. The van der Waals surface area contributed by atoms with Crippen LogP contribution in [0, 0.1) is 0 Å². The fraction of sp³-hybridized carbons (Fsp3) is 0.273. The van der Waals surface area contributed by atoms with E-state index in [-0.39, 0.29) is 17.6 Å². The second-order valence-corrected chi connectivity index (χ2v) is 6.59. The van der Waals surface area contributed by atoms with E-state index in [1.54, 1.807) is 29.2 Å². The summed E-state index contributed by atoms with van der Waals surface area (Å²) in [4.78, 5) is 27.8. The first kappa shape index (κ1) is 19.0. The molecule has 0 aliphatic carbocycles. The molecular weight excluding hydrogens is 372 g/mol. The van der Waals surface area contributed by atoms with Gasteiger partial charge >= 0.3 is 0 Å². The molecule has 0 spiro atoms. The van der Waals surface area contributed by atoms with Gasteiger partial charge < -0.3 is 24.1 Å². The van der Waals surface area contributed by atoms with Gasteiger partial charge in [0.15, 0.2) is 0 Å². The van der Waals surface area contributed by atoms with Crippen molar-refractivity contribution in [3.8, 4) is 5.75 Å². The molecule has 3 aromatic rings. The van der Waals surface area contributed by atoms with Crippen LogP contribution in [0.1, 0.15) is 27.8 Å². The molecule has 1 fully saturated rings. The molecule has 2 aromatic carbocycles. The SMILES string of the molecule is CCOc1ccccc1C(=O)Nc1c(C(=O)N2CCOCC2)oc2ccccc12. The van der Waals surface area contributed by atoms with Crippen LogP contribution in [0.3, 0.4) is 0 Å². The van der Waals surface area contributed by atoms with E-state index in [1.165, 1.54) is 0 Å². The fourth-order valence-electron chi connectivity index (χ4n) is 3.35. The second kappa shape index (κ2) is 8.36. The van der Waals surface area contributed by atoms with E-state index in [4.69, 9.17) is 13.9 Å². The molecule has 7 nitrogen and oxygen atoms in total. The normalized spacial score (nSPS) is 14.0. The maximum absolute atomic E-state index is 13.1. The highest BCUT2D eigenvalue weighted by Crippen LogP contribution is 2.33. The van der Waals surface area contributed by atoms with E-state index < -0.39 is 0 Å². The largest absolute Gasteiger partial charge is 0.493 e. The van der Waals surface area contributed by atoms with Crippen molar-refractivity contribution in [1.82, 2.24) is 4.90 Å². The van der Waals surface area contributed by atoms with Gasteiger partial charge in [-0.1, -0.05) is 24.3 Å². The lowest BCUT2D eigenvalue weighted by atomic mass is 10.1. The molecule has 1 N–H and O–H groups in total. The van der Waals surface area contributed by atoms with E-state index in [0.29, 0.717) is 60.9 Å². The van der Waals surface area contributed by atoms with Gasteiger partial charge in [-0.25, -0.2) is 0 Å². The van der Waals surface area contributed by atoms with Crippen molar-refractivity contribution >= 4 is 28.5 Å². The van der Waals surface area contributed by atoms with Gasteiger partial charge in [0, 0.05) is 18.5 Å². The smallest absolute Gasteiger partial charge is 0.291 e. The Labute approximate surface area is 168 Å². The van der Waals surface area contributed by atoms with E-state index in [1.807, 2.05) is 31.2 Å². The Morgan fingerprint density at radius 2 is 1.79 bits per heavy atom. The maximum atomic E-state index is 13.1. The van der Waals surface area contributed by atoms with Crippen LogP contribution >= 0.6 is 0 Å². The summed E-state index contributed by atoms with van der Waals surface area (Å²) in [6.07, 6.45) is 0. The Hall–Kier alpha value is -3.32. The first-order valence-corrected chi connectivity index (χ1v) is 9.60. The Bertz CT molecular complexity index is 1040. The Balaban J connectivity index is 1.71. The van der Waals surface area contributed by atoms with Crippen LogP contribution in [0.2, 0.25) is 0 Å². The third kappa shape index (κ3) is 3.82. The van der Waals surface area contributed by atoms with Crippen molar-refractivity contribution in [1.29, 1.82) is 0 Å². The number of carbonyl (C=O) groups is 2. The number of anilines is 1. The molecule has 7 heteroatoms. The first-order chi connectivity index (χ1) is 14.2. The zero-order valence-corrected chi connectivity index (χ0v) is 16.1. The predicted molar refractivity (Wildman–Crippen MR) is 109 cm³/mol. The Kier molecular flexibility index (Phi) is 5.48. The summed E-state index contributed by atoms with van der Waals surface area (Å²) < 4.78 is 16.7. The van der Waals surface area contributed by atoms with Gasteiger partial charge in [0.25, 0.3) is 11.8 Å². The highest BCUT2D eigenvalue weighted by atomic mass is 16.5. The van der Waals surface area contributed by atoms with Crippen molar-refractivity contribution in [2.45, 2.75) is 6.92 Å². The molecule has 0 atom stereocenters. The number of fused-ring (bicyclic) bond motifs is 1. The van der Waals surface area contributed by atoms with E-state index in [0.717, 1.165) is 0 Å². The van der Waals surface area contributed by atoms with Gasteiger partial charge in [-0.3, -0.25) is 9.59 Å². The van der Waals surface area contributed by atoms with Crippen LogP contribution in [0.5, 0.6) is 5.75 Å². The number of morpholine rings is 1. The highest BCUT2D eigenvalue weighted by molar-refractivity contribution is 6.15. The molecule has 0 saturated carbocycles. The molecule has 0 bridgehead atoms. The second-order valence-electron chi connectivity index (χ2n) is 6.59. The quantitative estimate of drug-likeness (QED) is 0.716.